The maximum absolute atomic E-state index is 12.0. The van der Waals surface area contributed by atoms with Crippen molar-refractivity contribution in [2.45, 2.75) is 6.54 Å². The molecule has 0 spiro atoms. The second-order valence-electron chi connectivity index (χ2n) is 5.00. The van der Waals surface area contributed by atoms with Gasteiger partial charge in [0.05, 0.1) is 12.7 Å². The Labute approximate surface area is 140 Å². The van der Waals surface area contributed by atoms with E-state index < -0.39 is 5.97 Å². The van der Waals surface area contributed by atoms with Crippen LogP contribution in [0.15, 0.2) is 48.5 Å². The Morgan fingerprint density at radius 1 is 1.08 bits per heavy atom. The van der Waals surface area contributed by atoms with Crippen LogP contribution in [0.2, 0.25) is 0 Å². The van der Waals surface area contributed by atoms with Gasteiger partial charge in [0.25, 0.3) is 5.91 Å². The average Bonchev–Trinajstić information content (AvgIpc) is 2.64. The van der Waals surface area contributed by atoms with E-state index in [1.807, 2.05) is 30.3 Å². The molecule has 0 saturated heterocycles. The fraction of sp³-hybridized carbons (Fsp3) is 0.222. The summed E-state index contributed by atoms with van der Waals surface area (Å²) in [7, 11) is 3.30. The van der Waals surface area contributed by atoms with Gasteiger partial charge in [-0.25, -0.2) is 4.79 Å². The molecule has 2 N–H and O–H groups in total. The van der Waals surface area contributed by atoms with Crippen molar-refractivity contribution >= 4 is 17.6 Å². The molecule has 0 unspecified atom stereocenters. The molecule has 2 rings (SSSR count). The van der Waals surface area contributed by atoms with Gasteiger partial charge in [0.1, 0.15) is 5.75 Å². The molecule has 0 aromatic heterocycles. The minimum Gasteiger partial charge on any atom is -0.497 e. The number of para-hydroxylation sites is 1. The summed E-state index contributed by atoms with van der Waals surface area (Å²) < 4.78 is 10.2. The van der Waals surface area contributed by atoms with Gasteiger partial charge < -0.3 is 20.1 Å². The number of benzene rings is 2. The lowest BCUT2D eigenvalue weighted by atomic mass is 10.2. The number of anilines is 1. The number of nitrogens with one attached hydrogen (secondary N) is 2. The van der Waals surface area contributed by atoms with Crippen LogP contribution in [0.25, 0.3) is 0 Å². The van der Waals surface area contributed by atoms with E-state index in [1.165, 1.54) is 0 Å². The third-order valence-corrected chi connectivity index (χ3v) is 3.37. The summed E-state index contributed by atoms with van der Waals surface area (Å²) in [4.78, 5) is 23.9. The van der Waals surface area contributed by atoms with Crippen molar-refractivity contribution in [2.24, 2.45) is 0 Å². The highest BCUT2D eigenvalue weighted by Crippen LogP contribution is 2.15. The van der Waals surface area contributed by atoms with Gasteiger partial charge in [0.2, 0.25) is 0 Å². The molecule has 2 aromatic carbocycles. The van der Waals surface area contributed by atoms with Crippen LogP contribution in [0.4, 0.5) is 5.69 Å². The van der Waals surface area contributed by atoms with Crippen molar-refractivity contribution in [3.8, 4) is 5.75 Å². The minimum atomic E-state index is -0.545. The lowest BCUT2D eigenvalue weighted by Gasteiger charge is -2.10. The number of hydrogen-bond donors (Lipinski definition) is 2. The molecule has 0 heterocycles. The molecular formula is C18H20N2O4. The molecule has 1 amide bonds. The molecule has 2 aromatic rings. The summed E-state index contributed by atoms with van der Waals surface area (Å²) >= 11 is 0. The maximum atomic E-state index is 12.0. The van der Waals surface area contributed by atoms with Crippen LogP contribution in [-0.2, 0) is 16.1 Å². The standard InChI is InChI=1S/C18H20N2O4/c1-19-16-9-4-3-8-15(16)18(22)24-12-17(21)20-11-13-6-5-7-14(10-13)23-2/h3-10,19H,11-12H2,1-2H3,(H,20,21). The minimum absolute atomic E-state index is 0.332. The fourth-order valence-corrected chi connectivity index (χ4v) is 2.12. The first-order valence-corrected chi connectivity index (χ1v) is 7.47. The first-order valence-electron chi connectivity index (χ1n) is 7.47. The molecular weight excluding hydrogens is 308 g/mol. The van der Waals surface area contributed by atoms with Crippen molar-refractivity contribution in [2.75, 3.05) is 26.1 Å². The van der Waals surface area contributed by atoms with E-state index in [0.717, 1.165) is 11.3 Å². The molecule has 24 heavy (non-hydrogen) atoms. The summed E-state index contributed by atoms with van der Waals surface area (Å²) in [5, 5.41) is 5.61. The molecule has 6 heteroatoms. The number of methoxy groups -OCH3 is 1. The summed E-state index contributed by atoms with van der Waals surface area (Å²) in [6, 6.07) is 14.3. The van der Waals surface area contributed by atoms with E-state index in [0.29, 0.717) is 17.8 Å². The fourth-order valence-electron chi connectivity index (χ4n) is 2.12. The van der Waals surface area contributed by atoms with E-state index >= 15 is 0 Å². The number of esters is 1. The van der Waals surface area contributed by atoms with Gasteiger partial charge in [-0.15, -0.1) is 0 Å². The largest absolute Gasteiger partial charge is 0.497 e. The normalized spacial score (nSPS) is 9.92. The molecule has 0 saturated carbocycles. The second-order valence-corrected chi connectivity index (χ2v) is 5.00. The number of hydrogen-bond acceptors (Lipinski definition) is 5. The van der Waals surface area contributed by atoms with Crippen molar-refractivity contribution < 1.29 is 19.1 Å². The first kappa shape index (κ1) is 17.3. The predicted molar refractivity (Wildman–Crippen MR) is 91.1 cm³/mol. The molecule has 0 aliphatic heterocycles. The van der Waals surface area contributed by atoms with Crippen LogP contribution in [-0.4, -0.2) is 32.6 Å². The summed E-state index contributed by atoms with van der Waals surface area (Å²) in [5.41, 5.74) is 1.94. The van der Waals surface area contributed by atoms with Crippen molar-refractivity contribution in [1.82, 2.24) is 5.32 Å². The Kier molecular flexibility index (Phi) is 6.19. The van der Waals surface area contributed by atoms with E-state index in [-0.39, 0.29) is 12.5 Å². The maximum Gasteiger partial charge on any atom is 0.340 e. The summed E-state index contributed by atoms with van der Waals surface area (Å²) in [5.74, 6) is -0.193. The Hall–Kier alpha value is -3.02. The Morgan fingerprint density at radius 3 is 2.62 bits per heavy atom. The van der Waals surface area contributed by atoms with E-state index in [2.05, 4.69) is 10.6 Å². The number of carbonyl (C=O) groups is 2. The third-order valence-electron chi connectivity index (χ3n) is 3.37. The topological polar surface area (TPSA) is 76.7 Å². The number of amides is 1. The van der Waals surface area contributed by atoms with Gasteiger partial charge in [-0.1, -0.05) is 24.3 Å². The van der Waals surface area contributed by atoms with Gasteiger partial charge in [0, 0.05) is 19.3 Å². The zero-order chi connectivity index (χ0) is 17.4. The van der Waals surface area contributed by atoms with Gasteiger partial charge in [0.15, 0.2) is 6.61 Å². The lowest BCUT2D eigenvalue weighted by molar-refractivity contribution is -0.124. The van der Waals surface area contributed by atoms with E-state index in [4.69, 9.17) is 9.47 Å². The zero-order valence-electron chi connectivity index (χ0n) is 13.7. The van der Waals surface area contributed by atoms with Crippen molar-refractivity contribution in [3.63, 3.8) is 0 Å². The van der Waals surface area contributed by atoms with E-state index in [9.17, 15) is 9.59 Å². The Bertz CT molecular complexity index is 716. The van der Waals surface area contributed by atoms with Crippen LogP contribution in [0, 0.1) is 0 Å². The molecule has 0 aliphatic rings. The van der Waals surface area contributed by atoms with Crippen LogP contribution >= 0.6 is 0 Å². The predicted octanol–water partition coefficient (Wildman–Crippen LogP) is 2.21. The lowest BCUT2D eigenvalue weighted by Crippen LogP contribution is -2.28. The SMILES string of the molecule is CNc1ccccc1C(=O)OCC(=O)NCc1cccc(OC)c1. The Balaban J connectivity index is 1.83. The number of ether oxygens (including phenoxy) is 2. The quantitative estimate of drug-likeness (QED) is 0.762. The molecule has 6 nitrogen and oxygen atoms in total. The second kappa shape index (κ2) is 8.57. The molecule has 126 valence electrons. The van der Waals surface area contributed by atoms with E-state index in [1.54, 1.807) is 32.4 Å². The third kappa shape index (κ3) is 4.74. The molecule has 0 bridgehead atoms. The van der Waals surface area contributed by atoms with Gasteiger partial charge >= 0.3 is 5.97 Å². The smallest absolute Gasteiger partial charge is 0.340 e. The highest BCUT2D eigenvalue weighted by Gasteiger charge is 2.13. The van der Waals surface area contributed by atoms with Gasteiger partial charge in [-0.2, -0.15) is 0 Å². The zero-order valence-corrected chi connectivity index (χ0v) is 13.7. The number of rotatable bonds is 7. The average molecular weight is 328 g/mol. The summed E-state index contributed by atoms with van der Waals surface area (Å²) in [6.07, 6.45) is 0. The van der Waals surface area contributed by atoms with Crippen LogP contribution in [0.3, 0.4) is 0 Å². The molecule has 0 fully saturated rings. The Morgan fingerprint density at radius 2 is 1.88 bits per heavy atom. The molecule has 0 aliphatic carbocycles. The van der Waals surface area contributed by atoms with Crippen LogP contribution < -0.4 is 15.4 Å². The summed E-state index contributed by atoms with van der Waals surface area (Å²) in [6.45, 7) is 0.00152. The highest BCUT2D eigenvalue weighted by molar-refractivity contribution is 5.96. The monoisotopic (exact) mass is 328 g/mol. The van der Waals surface area contributed by atoms with Crippen molar-refractivity contribution in [1.29, 1.82) is 0 Å². The van der Waals surface area contributed by atoms with Crippen LogP contribution in [0.5, 0.6) is 5.75 Å². The van der Waals surface area contributed by atoms with Gasteiger partial charge in [-0.05, 0) is 29.8 Å². The van der Waals surface area contributed by atoms with Crippen LogP contribution in [0.1, 0.15) is 15.9 Å². The molecule has 0 atom stereocenters. The van der Waals surface area contributed by atoms with Gasteiger partial charge in [-0.3, -0.25) is 4.79 Å². The van der Waals surface area contributed by atoms with Crippen molar-refractivity contribution in [3.05, 3.63) is 59.7 Å². The molecule has 0 radical (unpaired) electrons. The highest BCUT2D eigenvalue weighted by atomic mass is 16.5. The number of carbonyl (C=O) groups excluding carboxylic acids is 2. The first-order chi connectivity index (χ1) is 11.6.